The highest BCUT2D eigenvalue weighted by molar-refractivity contribution is 5.68. The Morgan fingerprint density at radius 3 is 2.35 bits per heavy atom. The number of anilines is 4. The summed E-state index contributed by atoms with van der Waals surface area (Å²) in [6, 6.07) is 11.1. The van der Waals surface area contributed by atoms with Crippen LogP contribution in [-0.2, 0) is 6.18 Å². The van der Waals surface area contributed by atoms with Crippen LogP contribution in [0.2, 0.25) is 0 Å². The fourth-order valence-corrected chi connectivity index (χ4v) is 2.64. The van der Waals surface area contributed by atoms with Crippen LogP contribution in [0.5, 0.6) is 5.75 Å². The van der Waals surface area contributed by atoms with Gasteiger partial charge in [0, 0.05) is 5.69 Å². The molecule has 2 aromatic carbocycles. The zero-order chi connectivity index (χ0) is 22.6. The Bertz CT molecular complexity index is 1090. The Labute approximate surface area is 174 Å². The van der Waals surface area contributed by atoms with Crippen molar-refractivity contribution in [1.29, 1.82) is 0 Å². The molecular weight excluding hydrogens is 417 g/mol. The molecule has 0 atom stereocenters. The van der Waals surface area contributed by atoms with Gasteiger partial charge < -0.3 is 10.1 Å². The summed E-state index contributed by atoms with van der Waals surface area (Å²) in [6.07, 6.45) is -4.49. The molecule has 0 amide bonds. The van der Waals surface area contributed by atoms with Crippen LogP contribution in [0.25, 0.3) is 0 Å². The van der Waals surface area contributed by atoms with E-state index in [2.05, 4.69) is 26.1 Å². The van der Waals surface area contributed by atoms with Crippen molar-refractivity contribution in [2.24, 2.45) is 0 Å². The Balaban J connectivity index is 1.85. The first-order chi connectivity index (χ1) is 14.7. The van der Waals surface area contributed by atoms with Crippen LogP contribution in [0.3, 0.4) is 0 Å². The van der Waals surface area contributed by atoms with E-state index in [-0.39, 0.29) is 28.8 Å². The van der Waals surface area contributed by atoms with Gasteiger partial charge in [0.25, 0.3) is 0 Å². The van der Waals surface area contributed by atoms with Crippen molar-refractivity contribution in [3.8, 4) is 5.75 Å². The standard InChI is InChI=1S/C19H17F3N6O3/c1-11-16(28(29)30)17(24-13-6-8-15(31-2)9-7-13)25-18(23-11)27-26-14-5-3-4-12(10-14)19(20,21)22/h3-10,26H,1-2H3,(H2,23,24,25,27). The SMILES string of the molecule is COc1ccc(Nc2nc(NNc3cccc(C(F)(F)F)c3)nc(C)c2[N+](=O)[O-])cc1. The lowest BCUT2D eigenvalue weighted by molar-refractivity contribution is -0.385. The fraction of sp³-hybridized carbons (Fsp3) is 0.158. The number of benzene rings is 2. The van der Waals surface area contributed by atoms with Gasteiger partial charge in [-0.15, -0.1) is 0 Å². The number of nitrogens with zero attached hydrogens (tertiary/aromatic N) is 3. The number of nitrogens with one attached hydrogen (secondary N) is 3. The van der Waals surface area contributed by atoms with Crippen molar-refractivity contribution in [3.63, 3.8) is 0 Å². The molecule has 9 nitrogen and oxygen atoms in total. The van der Waals surface area contributed by atoms with Crippen molar-refractivity contribution in [2.45, 2.75) is 13.1 Å². The van der Waals surface area contributed by atoms with Crippen LogP contribution < -0.4 is 20.9 Å². The lowest BCUT2D eigenvalue weighted by atomic mass is 10.2. The minimum atomic E-state index is -4.49. The number of hydrazine groups is 1. The van der Waals surface area contributed by atoms with Crippen molar-refractivity contribution >= 4 is 28.8 Å². The van der Waals surface area contributed by atoms with E-state index in [9.17, 15) is 23.3 Å². The van der Waals surface area contributed by atoms with Crippen molar-refractivity contribution in [2.75, 3.05) is 23.3 Å². The highest BCUT2D eigenvalue weighted by Crippen LogP contribution is 2.32. The largest absolute Gasteiger partial charge is 0.497 e. The quantitative estimate of drug-likeness (QED) is 0.355. The van der Waals surface area contributed by atoms with E-state index in [4.69, 9.17) is 4.74 Å². The molecule has 1 heterocycles. The molecule has 0 aliphatic rings. The number of aromatic nitrogens is 2. The molecule has 0 radical (unpaired) electrons. The second-order valence-corrected chi connectivity index (χ2v) is 6.27. The average Bonchev–Trinajstić information content (AvgIpc) is 2.72. The zero-order valence-electron chi connectivity index (χ0n) is 16.3. The summed E-state index contributed by atoms with van der Waals surface area (Å²) in [5.41, 5.74) is 4.65. The lowest BCUT2D eigenvalue weighted by Gasteiger charge is -2.13. The van der Waals surface area contributed by atoms with Crippen molar-refractivity contribution < 1.29 is 22.8 Å². The van der Waals surface area contributed by atoms with Crippen LogP contribution in [-0.4, -0.2) is 22.0 Å². The predicted octanol–water partition coefficient (Wildman–Crippen LogP) is 4.90. The van der Waals surface area contributed by atoms with Crippen LogP contribution in [0.1, 0.15) is 11.3 Å². The predicted molar refractivity (Wildman–Crippen MR) is 108 cm³/mol. The Kier molecular flexibility index (Phi) is 6.09. The van der Waals surface area contributed by atoms with E-state index in [0.29, 0.717) is 11.4 Å². The molecule has 162 valence electrons. The molecule has 12 heteroatoms. The van der Waals surface area contributed by atoms with E-state index < -0.39 is 16.7 Å². The summed E-state index contributed by atoms with van der Waals surface area (Å²) in [4.78, 5) is 18.9. The number of rotatable bonds is 7. The molecule has 0 aliphatic carbocycles. The zero-order valence-corrected chi connectivity index (χ0v) is 16.3. The Hall–Kier alpha value is -4.09. The van der Waals surface area contributed by atoms with Gasteiger partial charge in [-0.1, -0.05) is 6.07 Å². The molecule has 3 N–H and O–H groups in total. The molecule has 31 heavy (non-hydrogen) atoms. The van der Waals surface area contributed by atoms with E-state index in [1.807, 2.05) is 0 Å². The van der Waals surface area contributed by atoms with Gasteiger partial charge in [-0.05, 0) is 49.4 Å². The first-order valence-electron chi connectivity index (χ1n) is 8.81. The first-order valence-corrected chi connectivity index (χ1v) is 8.81. The number of methoxy groups -OCH3 is 1. The van der Waals surface area contributed by atoms with Crippen LogP contribution in [0.15, 0.2) is 48.5 Å². The summed E-state index contributed by atoms with van der Waals surface area (Å²) in [5, 5.41) is 14.3. The van der Waals surface area contributed by atoms with Gasteiger partial charge in [-0.2, -0.15) is 18.2 Å². The molecular formula is C19H17F3N6O3. The molecule has 1 aromatic heterocycles. The minimum absolute atomic E-state index is 0.0596. The Morgan fingerprint density at radius 1 is 1.03 bits per heavy atom. The van der Waals surface area contributed by atoms with Crippen molar-refractivity contribution in [1.82, 2.24) is 9.97 Å². The Morgan fingerprint density at radius 2 is 1.74 bits per heavy atom. The monoisotopic (exact) mass is 434 g/mol. The van der Waals surface area contributed by atoms with Gasteiger partial charge in [0.2, 0.25) is 11.8 Å². The average molecular weight is 434 g/mol. The van der Waals surface area contributed by atoms with E-state index in [0.717, 1.165) is 12.1 Å². The normalized spacial score (nSPS) is 11.0. The third kappa shape index (κ3) is 5.29. The number of aryl methyl sites for hydroxylation is 1. The second-order valence-electron chi connectivity index (χ2n) is 6.27. The first kappa shape index (κ1) is 21.6. The number of halogens is 3. The molecule has 3 aromatic rings. The van der Waals surface area contributed by atoms with Gasteiger partial charge in [-0.25, -0.2) is 4.98 Å². The van der Waals surface area contributed by atoms with E-state index in [1.54, 1.807) is 24.3 Å². The van der Waals surface area contributed by atoms with Crippen LogP contribution in [0, 0.1) is 17.0 Å². The minimum Gasteiger partial charge on any atom is -0.497 e. The van der Waals surface area contributed by atoms with Crippen molar-refractivity contribution in [3.05, 3.63) is 69.9 Å². The molecule has 0 spiro atoms. The highest BCUT2D eigenvalue weighted by Gasteiger charge is 2.30. The number of ether oxygens (including phenoxy) is 1. The number of hydrogen-bond acceptors (Lipinski definition) is 8. The van der Waals surface area contributed by atoms with Gasteiger partial charge in [-0.3, -0.25) is 21.0 Å². The maximum Gasteiger partial charge on any atom is 0.416 e. The number of hydrogen-bond donors (Lipinski definition) is 3. The highest BCUT2D eigenvalue weighted by atomic mass is 19.4. The molecule has 0 saturated heterocycles. The summed E-state index contributed by atoms with van der Waals surface area (Å²) in [7, 11) is 1.51. The molecule has 0 fully saturated rings. The third-order valence-corrected chi connectivity index (χ3v) is 4.10. The maximum atomic E-state index is 12.9. The molecule has 3 rings (SSSR count). The summed E-state index contributed by atoms with van der Waals surface area (Å²) in [5.74, 6) is 0.444. The second kappa shape index (κ2) is 8.73. The molecule has 0 aliphatic heterocycles. The third-order valence-electron chi connectivity index (χ3n) is 4.10. The fourth-order valence-electron chi connectivity index (χ4n) is 2.64. The summed E-state index contributed by atoms with van der Waals surface area (Å²) >= 11 is 0. The summed E-state index contributed by atoms with van der Waals surface area (Å²) < 4.78 is 43.6. The van der Waals surface area contributed by atoms with Gasteiger partial charge >= 0.3 is 11.9 Å². The summed E-state index contributed by atoms with van der Waals surface area (Å²) in [6.45, 7) is 1.43. The van der Waals surface area contributed by atoms with E-state index >= 15 is 0 Å². The maximum absolute atomic E-state index is 12.9. The topological polar surface area (TPSA) is 114 Å². The van der Waals surface area contributed by atoms with Gasteiger partial charge in [0.05, 0.1) is 23.3 Å². The molecule has 0 bridgehead atoms. The molecule has 0 unspecified atom stereocenters. The van der Waals surface area contributed by atoms with E-state index in [1.165, 1.54) is 26.2 Å². The molecule has 0 saturated carbocycles. The number of alkyl halides is 3. The van der Waals surface area contributed by atoms with Crippen LogP contribution in [0.4, 0.5) is 42.0 Å². The lowest BCUT2D eigenvalue weighted by Crippen LogP contribution is -2.15. The number of nitro groups is 1. The van der Waals surface area contributed by atoms with Gasteiger partial charge in [0.1, 0.15) is 11.4 Å². The van der Waals surface area contributed by atoms with Gasteiger partial charge in [0.15, 0.2) is 0 Å². The smallest absolute Gasteiger partial charge is 0.416 e. The van der Waals surface area contributed by atoms with Crippen LogP contribution >= 0.6 is 0 Å².